The molecule has 1 aromatic heterocycles. The summed E-state index contributed by atoms with van der Waals surface area (Å²) in [7, 11) is 0. The van der Waals surface area contributed by atoms with Crippen molar-refractivity contribution in [2.24, 2.45) is 0 Å². The molecule has 1 N–H and O–H groups in total. The Morgan fingerprint density at radius 3 is 2.46 bits per heavy atom. The van der Waals surface area contributed by atoms with Gasteiger partial charge in [0.15, 0.2) is 0 Å². The van der Waals surface area contributed by atoms with E-state index in [1.54, 1.807) is 24.4 Å². The van der Waals surface area contributed by atoms with Crippen molar-refractivity contribution >= 4 is 34.0 Å². The highest BCUT2D eigenvalue weighted by Crippen LogP contribution is 2.23. The van der Waals surface area contributed by atoms with Crippen LogP contribution in [-0.4, -0.2) is 10.5 Å². The summed E-state index contributed by atoms with van der Waals surface area (Å²) in [4.78, 5) is 25.0. The van der Waals surface area contributed by atoms with Crippen molar-refractivity contribution in [3.63, 3.8) is 0 Å². The standard InChI is InChI=1S/C23H17ClN2O2/c24-19-11-8-16(9-12-19)14-26-15-18(10-13-22(26)27)23(28)25-21-7-3-5-17-4-1-2-6-20(17)21/h1-13,15H,14H2,(H,25,28). The maximum atomic E-state index is 12.8. The third-order valence-corrected chi connectivity index (χ3v) is 4.80. The van der Waals surface area contributed by atoms with Gasteiger partial charge < -0.3 is 9.88 Å². The minimum atomic E-state index is -0.263. The molecule has 3 aromatic carbocycles. The number of hydrogen-bond donors (Lipinski definition) is 1. The Morgan fingerprint density at radius 2 is 1.64 bits per heavy atom. The fraction of sp³-hybridized carbons (Fsp3) is 0.0435. The molecule has 0 saturated carbocycles. The molecule has 4 aromatic rings. The van der Waals surface area contributed by atoms with Gasteiger partial charge in [-0.05, 0) is 35.2 Å². The molecule has 28 heavy (non-hydrogen) atoms. The van der Waals surface area contributed by atoms with Gasteiger partial charge in [0.25, 0.3) is 11.5 Å². The van der Waals surface area contributed by atoms with Gasteiger partial charge in [-0.1, -0.05) is 60.1 Å². The number of nitrogens with one attached hydrogen (secondary N) is 1. The molecule has 0 unspecified atom stereocenters. The number of amides is 1. The highest BCUT2D eigenvalue weighted by atomic mass is 35.5. The molecule has 138 valence electrons. The van der Waals surface area contributed by atoms with E-state index in [2.05, 4.69) is 5.32 Å². The molecular formula is C23H17ClN2O2. The number of hydrogen-bond acceptors (Lipinski definition) is 2. The lowest BCUT2D eigenvalue weighted by molar-refractivity contribution is 0.102. The van der Waals surface area contributed by atoms with Crippen LogP contribution in [0.5, 0.6) is 0 Å². The average Bonchev–Trinajstić information content (AvgIpc) is 2.71. The van der Waals surface area contributed by atoms with Crippen molar-refractivity contribution in [3.8, 4) is 0 Å². The number of halogens is 1. The smallest absolute Gasteiger partial charge is 0.257 e. The molecule has 5 heteroatoms. The van der Waals surface area contributed by atoms with E-state index in [1.165, 1.54) is 10.6 Å². The van der Waals surface area contributed by atoms with Crippen LogP contribution >= 0.6 is 11.6 Å². The van der Waals surface area contributed by atoms with E-state index in [4.69, 9.17) is 11.6 Å². The van der Waals surface area contributed by atoms with Crippen molar-refractivity contribution in [2.75, 3.05) is 5.32 Å². The number of anilines is 1. The summed E-state index contributed by atoms with van der Waals surface area (Å²) in [5.74, 6) is -0.263. The highest BCUT2D eigenvalue weighted by Gasteiger charge is 2.10. The van der Waals surface area contributed by atoms with Crippen LogP contribution < -0.4 is 10.9 Å². The van der Waals surface area contributed by atoms with E-state index in [9.17, 15) is 9.59 Å². The molecule has 0 spiro atoms. The van der Waals surface area contributed by atoms with E-state index in [0.717, 1.165) is 22.0 Å². The maximum absolute atomic E-state index is 12.8. The van der Waals surface area contributed by atoms with Gasteiger partial charge in [0.05, 0.1) is 12.1 Å². The summed E-state index contributed by atoms with van der Waals surface area (Å²) in [6.07, 6.45) is 1.58. The maximum Gasteiger partial charge on any atom is 0.257 e. The number of nitrogens with zero attached hydrogens (tertiary/aromatic N) is 1. The molecule has 0 bridgehead atoms. The first kappa shape index (κ1) is 18.0. The molecule has 4 rings (SSSR count). The van der Waals surface area contributed by atoms with Crippen molar-refractivity contribution in [2.45, 2.75) is 6.54 Å². The Labute approximate surface area is 167 Å². The molecule has 0 aliphatic rings. The normalized spacial score (nSPS) is 10.8. The van der Waals surface area contributed by atoms with Gasteiger partial charge in [-0.2, -0.15) is 0 Å². The number of pyridine rings is 1. The summed E-state index contributed by atoms with van der Waals surface area (Å²) in [5, 5.41) is 5.60. The van der Waals surface area contributed by atoms with Crippen molar-refractivity contribution < 1.29 is 4.79 Å². The van der Waals surface area contributed by atoms with Crippen LogP contribution in [-0.2, 0) is 6.54 Å². The Balaban J connectivity index is 1.61. The zero-order valence-electron chi connectivity index (χ0n) is 14.9. The van der Waals surface area contributed by atoms with Crippen LogP contribution in [0.1, 0.15) is 15.9 Å². The fourth-order valence-corrected chi connectivity index (χ4v) is 3.23. The SMILES string of the molecule is O=C(Nc1cccc2ccccc12)c1ccc(=O)n(Cc2ccc(Cl)cc2)c1. The third kappa shape index (κ3) is 3.82. The van der Waals surface area contributed by atoms with Crippen molar-refractivity contribution in [1.82, 2.24) is 4.57 Å². The van der Waals surface area contributed by atoms with Gasteiger partial charge in [0, 0.05) is 28.4 Å². The van der Waals surface area contributed by atoms with Crippen LogP contribution in [0.2, 0.25) is 5.02 Å². The van der Waals surface area contributed by atoms with Crippen molar-refractivity contribution in [3.05, 3.63) is 112 Å². The van der Waals surface area contributed by atoms with Crippen LogP contribution in [0.4, 0.5) is 5.69 Å². The lowest BCUT2D eigenvalue weighted by Gasteiger charge is -2.11. The summed E-state index contributed by atoms with van der Waals surface area (Å²) >= 11 is 5.91. The second-order valence-electron chi connectivity index (χ2n) is 6.49. The molecule has 0 atom stereocenters. The van der Waals surface area contributed by atoms with Crippen LogP contribution in [0.25, 0.3) is 10.8 Å². The molecule has 0 radical (unpaired) electrons. The van der Waals surface area contributed by atoms with E-state index < -0.39 is 0 Å². The van der Waals surface area contributed by atoms with Crippen LogP contribution in [0, 0.1) is 0 Å². The second-order valence-corrected chi connectivity index (χ2v) is 6.93. The zero-order valence-corrected chi connectivity index (χ0v) is 15.7. The topological polar surface area (TPSA) is 51.1 Å². The number of carbonyl (C=O) groups is 1. The average molecular weight is 389 g/mol. The Morgan fingerprint density at radius 1 is 0.893 bits per heavy atom. The van der Waals surface area contributed by atoms with E-state index >= 15 is 0 Å². The molecule has 1 heterocycles. The Hall–Kier alpha value is -3.37. The molecule has 0 saturated heterocycles. The van der Waals surface area contributed by atoms with Gasteiger partial charge >= 0.3 is 0 Å². The number of aromatic nitrogens is 1. The minimum absolute atomic E-state index is 0.170. The summed E-state index contributed by atoms with van der Waals surface area (Å²) in [5.41, 5.74) is 1.91. The zero-order chi connectivity index (χ0) is 19.5. The fourth-order valence-electron chi connectivity index (χ4n) is 3.10. The Kier molecular flexibility index (Phi) is 4.96. The first-order valence-corrected chi connectivity index (χ1v) is 9.22. The molecule has 0 aliphatic heterocycles. The highest BCUT2D eigenvalue weighted by molar-refractivity contribution is 6.30. The number of fused-ring (bicyclic) bond motifs is 1. The van der Waals surface area contributed by atoms with Crippen LogP contribution in [0.3, 0.4) is 0 Å². The largest absolute Gasteiger partial charge is 0.321 e. The van der Waals surface area contributed by atoms with E-state index in [0.29, 0.717) is 17.1 Å². The van der Waals surface area contributed by atoms with Gasteiger partial charge in [-0.3, -0.25) is 9.59 Å². The van der Waals surface area contributed by atoms with E-state index in [-0.39, 0.29) is 11.5 Å². The van der Waals surface area contributed by atoms with Crippen molar-refractivity contribution in [1.29, 1.82) is 0 Å². The summed E-state index contributed by atoms with van der Waals surface area (Å²) in [6.45, 7) is 0.366. The molecule has 0 aliphatic carbocycles. The van der Waals surface area contributed by atoms with Gasteiger partial charge in [0.1, 0.15) is 0 Å². The quantitative estimate of drug-likeness (QED) is 0.537. The first-order valence-electron chi connectivity index (χ1n) is 8.84. The molecular weight excluding hydrogens is 372 g/mol. The molecule has 4 nitrogen and oxygen atoms in total. The van der Waals surface area contributed by atoms with Gasteiger partial charge in [0.2, 0.25) is 0 Å². The number of benzene rings is 3. The molecule has 0 fully saturated rings. The lowest BCUT2D eigenvalue weighted by Crippen LogP contribution is -2.22. The monoisotopic (exact) mass is 388 g/mol. The molecule has 1 amide bonds. The predicted molar refractivity (Wildman–Crippen MR) is 113 cm³/mol. The lowest BCUT2D eigenvalue weighted by atomic mass is 10.1. The van der Waals surface area contributed by atoms with Gasteiger partial charge in [-0.25, -0.2) is 0 Å². The number of rotatable bonds is 4. The third-order valence-electron chi connectivity index (χ3n) is 4.55. The van der Waals surface area contributed by atoms with E-state index in [1.807, 2.05) is 54.6 Å². The first-order chi connectivity index (χ1) is 13.6. The summed E-state index contributed by atoms with van der Waals surface area (Å²) in [6, 6.07) is 23.8. The predicted octanol–water partition coefficient (Wildman–Crippen LogP) is 4.96. The van der Waals surface area contributed by atoms with Gasteiger partial charge in [-0.15, -0.1) is 0 Å². The van der Waals surface area contributed by atoms with Crippen LogP contribution in [0.15, 0.2) is 89.9 Å². The summed E-state index contributed by atoms with van der Waals surface area (Å²) < 4.78 is 1.52. The second kappa shape index (κ2) is 7.71. The Bertz CT molecular complexity index is 1210. The number of carbonyl (C=O) groups excluding carboxylic acids is 1. The minimum Gasteiger partial charge on any atom is -0.321 e.